The van der Waals surface area contributed by atoms with Crippen LogP contribution in [0.1, 0.15) is 67.4 Å². The minimum Gasteiger partial charge on any atom is -0.351 e. The molecule has 1 saturated carbocycles. The van der Waals surface area contributed by atoms with E-state index in [-0.39, 0.29) is 22.5 Å². The van der Waals surface area contributed by atoms with Crippen LogP contribution in [0.15, 0.2) is 34.9 Å². The Balaban J connectivity index is 1.71. The van der Waals surface area contributed by atoms with Crippen LogP contribution >= 0.6 is 0 Å². The fourth-order valence-electron chi connectivity index (χ4n) is 3.30. The van der Waals surface area contributed by atoms with E-state index >= 15 is 0 Å². The van der Waals surface area contributed by atoms with E-state index in [1.807, 2.05) is 6.92 Å². The maximum Gasteiger partial charge on any atom is 0.289 e. The molecule has 0 aliphatic heterocycles. The van der Waals surface area contributed by atoms with Crippen molar-refractivity contribution in [2.45, 2.75) is 57.8 Å². The van der Waals surface area contributed by atoms with Gasteiger partial charge in [0.05, 0.1) is 5.69 Å². The average molecular weight is 326 g/mol. The van der Waals surface area contributed by atoms with Gasteiger partial charge in [-0.1, -0.05) is 56.6 Å². The van der Waals surface area contributed by atoms with Gasteiger partial charge in [0.2, 0.25) is 5.76 Å². The fourth-order valence-corrected chi connectivity index (χ4v) is 3.30. The molecule has 4 nitrogen and oxygen atoms in total. The zero-order chi connectivity index (χ0) is 17.4. The van der Waals surface area contributed by atoms with Crippen LogP contribution in [0.5, 0.6) is 0 Å². The molecule has 1 aliphatic rings. The van der Waals surface area contributed by atoms with Crippen LogP contribution in [-0.4, -0.2) is 17.6 Å². The van der Waals surface area contributed by atoms with Crippen molar-refractivity contribution in [2.75, 3.05) is 6.54 Å². The standard InChI is InChI=1S/C20H26N2O2/c1-14-12-17(24-22-14)18(23)21-13-20(10-5-11-20)16-8-6-15(7-9-16)19(2,3)4/h6-9,12H,5,10-11,13H2,1-4H3,(H,21,23). The van der Waals surface area contributed by atoms with Gasteiger partial charge in [-0.15, -0.1) is 0 Å². The summed E-state index contributed by atoms with van der Waals surface area (Å²) in [5, 5.41) is 6.80. The van der Waals surface area contributed by atoms with Crippen molar-refractivity contribution in [3.05, 3.63) is 52.9 Å². The minimum absolute atomic E-state index is 0.0567. The van der Waals surface area contributed by atoms with E-state index in [0.717, 1.165) is 18.5 Å². The number of carbonyl (C=O) groups is 1. The molecular weight excluding hydrogens is 300 g/mol. The Hall–Kier alpha value is -2.10. The first-order chi connectivity index (χ1) is 11.3. The summed E-state index contributed by atoms with van der Waals surface area (Å²) in [6, 6.07) is 10.6. The second kappa shape index (κ2) is 6.08. The summed E-state index contributed by atoms with van der Waals surface area (Å²) in [5.41, 5.74) is 3.58. The van der Waals surface area contributed by atoms with E-state index in [0.29, 0.717) is 6.54 Å². The Morgan fingerprint density at radius 2 is 1.92 bits per heavy atom. The number of hydrogen-bond donors (Lipinski definition) is 1. The molecule has 4 heteroatoms. The molecule has 128 valence electrons. The van der Waals surface area contributed by atoms with Gasteiger partial charge in [-0.25, -0.2) is 0 Å². The average Bonchev–Trinajstić information content (AvgIpc) is 2.92. The molecule has 24 heavy (non-hydrogen) atoms. The van der Waals surface area contributed by atoms with E-state index in [9.17, 15) is 4.79 Å². The zero-order valence-corrected chi connectivity index (χ0v) is 15.0. The Morgan fingerprint density at radius 3 is 2.38 bits per heavy atom. The molecule has 1 amide bonds. The highest BCUT2D eigenvalue weighted by Gasteiger charge is 2.39. The molecule has 0 atom stereocenters. The summed E-state index contributed by atoms with van der Waals surface area (Å²) < 4.78 is 5.04. The van der Waals surface area contributed by atoms with E-state index in [1.165, 1.54) is 17.5 Å². The first kappa shape index (κ1) is 16.7. The summed E-state index contributed by atoms with van der Waals surface area (Å²) in [6.07, 6.45) is 3.42. The first-order valence-electron chi connectivity index (χ1n) is 8.63. The monoisotopic (exact) mass is 326 g/mol. The first-order valence-corrected chi connectivity index (χ1v) is 8.63. The predicted molar refractivity (Wildman–Crippen MR) is 94.2 cm³/mol. The maximum absolute atomic E-state index is 12.2. The van der Waals surface area contributed by atoms with Crippen LogP contribution in [-0.2, 0) is 10.8 Å². The molecule has 1 aromatic carbocycles. The third kappa shape index (κ3) is 3.23. The summed E-state index contributed by atoms with van der Waals surface area (Å²) in [6.45, 7) is 9.12. The Kier molecular flexibility index (Phi) is 4.24. The largest absolute Gasteiger partial charge is 0.351 e. The number of carbonyl (C=O) groups excluding carboxylic acids is 1. The van der Waals surface area contributed by atoms with Crippen molar-refractivity contribution in [1.82, 2.24) is 10.5 Å². The molecule has 1 aliphatic carbocycles. The predicted octanol–water partition coefficient (Wildman–Crippen LogP) is 4.13. The van der Waals surface area contributed by atoms with Crippen molar-refractivity contribution < 1.29 is 9.32 Å². The third-order valence-corrected chi connectivity index (χ3v) is 5.11. The number of benzene rings is 1. The molecule has 1 heterocycles. The second-order valence-electron chi connectivity index (χ2n) is 7.98. The van der Waals surface area contributed by atoms with Gasteiger partial charge in [-0.2, -0.15) is 0 Å². The van der Waals surface area contributed by atoms with Crippen molar-refractivity contribution in [3.8, 4) is 0 Å². The fraction of sp³-hybridized carbons (Fsp3) is 0.500. The van der Waals surface area contributed by atoms with Crippen molar-refractivity contribution in [1.29, 1.82) is 0 Å². The lowest BCUT2D eigenvalue weighted by Crippen LogP contribution is -2.45. The Labute approximate surface area is 143 Å². The van der Waals surface area contributed by atoms with Crippen LogP contribution in [0.3, 0.4) is 0 Å². The van der Waals surface area contributed by atoms with E-state index in [1.54, 1.807) is 6.07 Å². The zero-order valence-electron chi connectivity index (χ0n) is 15.0. The number of nitrogens with zero attached hydrogens (tertiary/aromatic N) is 1. The number of aromatic nitrogens is 1. The molecule has 0 radical (unpaired) electrons. The van der Waals surface area contributed by atoms with Gasteiger partial charge in [-0.3, -0.25) is 4.79 Å². The van der Waals surface area contributed by atoms with Gasteiger partial charge in [0.25, 0.3) is 5.91 Å². The second-order valence-corrected chi connectivity index (χ2v) is 7.98. The lowest BCUT2D eigenvalue weighted by atomic mass is 9.64. The van der Waals surface area contributed by atoms with Crippen molar-refractivity contribution in [2.24, 2.45) is 0 Å². The summed E-state index contributed by atoms with van der Waals surface area (Å²) in [5.74, 6) is 0.0956. The molecule has 0 unspecified atom stereocenters. The van der Waals surface area contributed by atoms with E-state index in [2.05, 4.69) is 55.5 Å². The quantitative estimate of drug-likeness (QED) is 0.919. The number of aryl methyl sites for hydroxylation is 1. The number of hydrogen-bond acceptors (Lipinski definition) is 3. The smallest absolute Gasteiger partial charge is 0.289 e. The van der Waals surface area contributed by atoms with Gasteiger partial charge >= 0.3 is 0 Å². The Bertz CT molecular complexity index is 719. The molecule has 2 aromatic rings. The highest BCUT2D eigenvalue weighted by atomic mass is 16.5. The topological polar surface area (TPSA) is 55.1 Å². The molecule has 0 saturated heterocycles. The number of rotatable bonds is 4. The van der Waals surface area contributed by atoms with Crippen LogP contribution in [0.4, 0.5) is 0 Å². The third-order valence-electron chi connectivity index (χ3n) is 5.11. The highest BCUT2D eigenvalue weighted by Crippen LogP contribution is 2.43. The van der Waals surface area contributed by atoms with Gasteiger partial charge in [0, 0.05) is 18.0 Å². The molecule has 0 bridgehead atoms. The molecule has 0 spiro atoms. The summed E-state index contributed by atoms with van der Waals surface area (Å²) in [4.78, 5) is 12.2. The number of nitrogens with one attached hydrogen (secondary N) is 1. The maximum atomic E-state index is 12.2. The van der Waals surface area contributed by atoms with Crippen molar-refractivity contribution >= 4 is 5.91 Å². The molecule has 1 aromatic heterocycles. The normalized spacial score (nSPS) is 16.5. The van der Waals surface area contributed by atoms with Gasteiger partial charge < -0.3 is 9.84 Å². The summed E-state index contributed by atoms with van der Waals surface area (Å²) in [7, 11) is 0. The van der Waals surface area contributed by atoms with Crippen LogP contribution in [0.2, 0.25) is 0 Å². The lowest BCUT2D eigenvalue weighted by Gasteiger charge is -2.42. The minimum atomic E-state index is -0.187. The Morgan fingerprint density at radius 1 is 1.25 bits per heavy atom. The van der Waals surface area contributed by atoms with Crippen LogP contribution < -0.4 is 5.32 Å². The van der Waals surface area contributed by atoms with Gasteiger partial charge in [-0.05, 0) is 36.3 Å². The highest BCUT2D eigenvalue weighted by molar-refractivity contribution is 5.91. The number of amides is 1. The van der Waals surface area contributed by atoms with Crippen LogP contribution in [0, 0.1) is 6.92 Å². The molecular formula is C20H26N2O2. The van der Waals surface area contributed by atoms with E-state index in [4.69, 9.17) is 4.52 Å². The lowest BCUT2D eigenvalue weighted by molar-refractivity contribution is 0.0891. The van der Waals surface area contributed by atoms with Gasteiger partial charge in [0.15, 0.2) is 0 Å². The SMILES string of the molecule is Cc1cc(C(=O)NCC2(c3ccc(C(C)(C)C)cc3)CCC2)on1. The molecule has 1 fully saturated rings. The van der Waals surface area contributed by atoms with Gasteiger partial charge in [0.1, 0.15) is 0 Å². The van der Waals surface area contributed by atoms with Crippen LogP contribution in [0.25, 0.3) is 0 Å². The summed E-state index contributed by atoms with van der Waals surface area (Å²) >= 11 is 0. The molecule has 1 N–H and O–H groups in total. The van der Waals surface area contributed by atoms with Crippen molar-refractivity contribution in [3.63, 3.8) is 0 Å². The molecule has 3 rings (SSSR count). The van der Waals surface area contributed by atoms with E-state index < -0.39 is 0 Å².